The molecule has 0 saturated carbocycles. The highest BCUT2D eigenvalue weighted by Crippen LogP contribution is 2.23. The van der Waals surface area contributed by atoms with Gasteiger partial charge in [-0.15, -0.1) is 0 Å². The lowest BCUT2D eigenvalue weighted by atomic mass is 9.97. The zero-order valence-corrected chi connectivity index (χ0v) is 9.76. The number of benzene rings is 1. The molecule has 92 valence electrons. The number of non-ortho nitro benzene ring substituents is 1. The van der Waals surface area contributed by atoms with E-state index in [1.54, 1.807) is 12.1 Å². The van der Waals surface area contributed by atoms with Gasteiger partial charge < -0.3 is 10.1 Å². The van der Waals surface area contributed by atoms with Crippen LogP contribution in [-0.2, 0) is 0 Å². The van der Waals surface area contributed by atoms with E-state index in [1.165, 1.54) is 12.1 Å². The summed E-state index contributed by atoms with van der Waals surface area (Å²) >= 11 is 0. The van der Waals surface area contributed by atoms with Gasteiger partial charge in [-0.1, -0.05) is 13.0 Å². The van der Waals surface area contributed by atoms with E-state index in [0.717, 1.165) is 19.5 Å². The van der Waals surface area contributed by atoms with E-state index in [0.29, 0.717) is 11.7 Å². The third-order valence-electron chi connectivity index (χ3n) is 3.07. The molecule has 1 saturated heterocycles. The molecule has 17 heavy (non-hydrogen) atoms. The molecule has 1 aliphatic rings. The van der Waals surface area contributed by atoms with Crippen LogP contribution in [0, 0.1) is 16.0 Å². The Morgan fingerprint density at radius 2 is 2.35 bits per heavy atom. The number of piperidine rings is 1. The lowest BCUT2D eigenvalue weighted by molar-refractivity contribution is -0.385. The molecule has 1 N–H and O–H groups in total. The number of nitro groups is 1. The molecule has 1 fully saturated rings. The van der Waals surface area contributed by atoms with Crippen molar-refractivity contribution in [2.24, 2.45) is 5.92 Å². The molecule has 1 aromatic carbocycles. The van der Waals surface area contributed by atoms with Gasteiger partial charge in [-0.3, -0.25) is 10.1 Å². The summed E-state index contributed by atoms with van der Waals surface area (Å²) in [4.78, 5) is 10.2. The maximum atomic E-state index is 10.6. The second-order valence-electron chi connectivity index (χ2n) is 4.38. The van der Waals surface area contributed by atoms with Crippen LogP contribution in [0.15, 0.2) is 24.3 Å². The van der Waals surface area contributed by atoms with E-state index < -0.39 is 4.92 Å². The maximum Gasteiger partial charge on any atom is 0.273 e. The predicted molar refractivity (Wildman–Crippen MR) is 64.2 cm³/mol. The molecule has 2 unspecified atom stereocenters. The lowest BCUT2D eigenvalue weighted by Gasteiger charge is -2.29. The van der Waals surface area contributed by atoms with Crippen molar-refractivity contribution in [1.29, 1.82) is 0 Å². The fourth-order valence-corrected chi connectivity index (χ4v) is 1.96. The second-order valence-corrected chi connectivity index (χ2v) is 4.38. The fourth-order valence-electron chi connectivity index (χ4n) is 1.96. The zero-order chi connectivity index (χ0) is 12.3. The number of nitrogens with one attached hydrogen (secondary N) is 1. The van der Waals surface area contributed by atoms with Crippen molar-refractivity contribution in [2.45, 2.75) is 19.4 Å². The van der Waals surface area contributed by atoms with Crippen molar-refractivity contribution in [3.05, 3.63) is 34.4 Å². The summed E-state index contributed by atoms with van der Waals surface area (Å²) < 4.78 is 5.79. The van der Waals surface area contributed by atoms with Gasteiger partial charge in [-0.05, 0) is 24.9 Å². The van der Waals surface area contributed by atoms with Crippen molar-refractivity contribution >= 4 is 5.69 Å². The molecule has 1 aromatic rings. The summed E-state index contributed by atoms with van der Waals surface area (Å²) in [5.41, 5.74) is 0.0684. The molecular weight excluding hydrogens is 220 g/mol. The Kier molecular flexibility index (Phi) is 3.58. The molecule has 1 aliphatic heterocycles. The van der Waals surface area contributed by atoms with Gasteiger partial charge in [0.25, 0.3) is 5.69 Å². The van der Waals surface area contributed by atoms with Crippen molar-refractivity contribution in [3.63, 3.8) is 0 Å². The lowest BCUT2D eigenvalue weighted by Crippen LogP contribution is -2.42. The summed E-state index contributed by atoms with van der Waals surface area (Å²) in [5.74, 6) is 1.04. The van der Waals surface area contributed by atoms with Gasteiger partial charge in [0.15, 0.2) is 0 Å². The molecule has 1 heterocycles. The van der Waals surface area contributed by atoms with Crippen molar-refractivity contribution in [3.8, 4) is 5.75 Å². The van der Waals surface area contributed by atoms with Crippen LogP contribution in [0.2, 0.25) is 0 Å². The average molecular weight is 236 g/mol. The molecule has 5 heteroatoms. The number of ether oxygens (including phenoxy) is 1. The highest BCUT2D eigenvalue weighted by Gasteiger charge is 2.23. The van der Waals surface area contributed by atoms with Crippen LogP contribution in [0.3, 0.4) is 0 Å². The highest BCUT2D eigenvalue weighted by molar-refractivity contribution is 5.38. The molecule has 0 radical (unpaired) electrons. The van der Waals surface area contributed by atoms with Crippen LogP contribution in [0.25, 0.3) is 0 Å². The minimum absolute atomic E-state index is 0.0684. The Morgan fingerprint density at radius 1 is 1.53 bits per heavy atom. The number of nitro benzene ring substituents is 1. The largest absolute Gasteiger partial charge is 0.489 e. The van der Waals surface area contributed by atoms with Crippen LogP contribution in [-0.4, -0.2) is 24.1 Å². The maximum absolute atomic E-state index is 10.6. The molecule has 2 atom stereocenters. The van der Waals surface area contributed by atoms with Gasteiger partial charge in [-0.2, -0.15) is 0 Å². The Labute approximate surface area is 99.9 Å². The minimum Gasteiger partial charge on any atom is -0.489 e. The highest BCUT2D eigenvalue weighted by atomic mass is 16.6. The van der Waals surface area contributed by atoms with Gasteiger partial charge in [0.1, 0.15) is 11.9 Å². The van der Waals surface area contributed by atoms with E-state index in [4.69, 9.17) is 4.74 Å². The van der Waals surface area contributed by atoms with Crippen LogP contribution >= 0.6 is 0 Å². The average Bonchev–Trinajstić information content (AvgIpc) is 2.32. The minimum atomic E-state index is -0.407. The number of rotatable bonds is 3. The molecule has 0 bridgehead atoms. The first kappa shape index (κ1) is 11.9. The van der Waals surface area contributed by atoms with Crippen molar-refractivity contribution in [1.82, 2.24) is 5.32 Å². The van der Waals surface area contributed by atoms with Gasteiger partial charge in [0.2, 0.25) is 0 Å². The van der Waals surface area contributed by atoms with Crippen LogP contribution < -0.4 is 10.1 Å². The van der Waals surface area contributed by atoms with Crippen LogP contribution in [0.1, 0.15) is 13.3 Å². The third kappa shape index (κ3) is 2.94. The second kappa shape index (κ2) is 5.14. The quantitative estimate of drug-likeness (QED) is 0.643. The van der Waals surface area contributed by atoms with E-state index >= 15 is 0 Å². The topological polar surface area (TPSA) is 64.4 Å². The van der Waals surface area contributed by atoms with Crippen LogP contribution in [0.4, 0.5) is 5.69 Å². The van der Waals surface area contributed by atoms with Crippen molar-refractivity contribution in [2.75, 3.05) is 13.1 Å². The molecule has 0 aromatic heterocycles. The molecule has 0 spiro atoms. The SMILES string of the molecule is CC1CCNCC1Oc1cccc([N+](=O)[O-])c1. The van der Waals surface area contributed by atoms with Crippen LogP contribution in [0.5, 0.6) is 5.75 Å². The number of hydrogen-bond acceptors (Lipinski definition) is 4. The van der Waals surface area contributed by atoms with Crippen molar-refractivity contribution < 1.29 is 9.66 Å². The molecule has 0 aliphatic carbocycles. The monoisotopic (exact) mass is 236 g/mol. The summed E-state index contributed by atoms with van der Waals surface area (Å²) in [6.45, 7) is 3.95. The van der Waals surface area contributed by atoms with E-state index in [9.17, 15) is 10.1 Å². The van der Waals surface area contributed by atoms with E-state index in [1.807, 2.05) is 0 Å². The molecule has 5 nitrogen and oxygen atoms in total. The summed E-state index contributed by atoms with van der Waals surface area (Å²) in [7, 11) is 0. The molecular formula is C12H16N2O3. The zero-order valence-electron chi connectivity index (χ0n) is 9.76. The van der Waals surface area contributed by atoms with Gasteiger partial charge in [-0.25, -0.2) is 0 Å². The van der Waals surface area contributed by atoms with Gasteiger partial charge >= 0.3 is 0 Å². The third-order valence-corrected chi connectivity index (χ3v) is 3.07. The number of nitrogens with zero attached hydrogens (tertiary/aromatic N) is 1. The predicted octanol–water partition coefficient (Wildman–Crippen LogP) is 1.97. The number of hydrogen-bond donors (Lipinski definition) is 1. The Balaban J connectivity index is 2.07. The Hall–Kier alpha value is -1.62. The first-order valence-electron chi connectivity index (χ1n) is 5.78. The normalized spacial score (nSPS) is 24.3. The van der Waals surface area contributed by atoms with E-state index in [2.05, 4.69) is 12.2 Å². The Bertz CT molecular complexity index is 408. The fraction of sp³-hybridized carbons (Fsp3) is 0.500. The summed E-state index contributed by atoms with van der Waals surface area (Å²) in [5, 5.41) is 13.9. The smallest absolute Gasteiger partial charge is 0.273 e. The molecule has 0 amide bonds. The molecule has 2 rings (SSSR count). The Morgan fingerprint density at radius 3 is 3.06 bits per heavy atom. The van der Waals surface area contributed by atoms with E-state index in [-0.39, 0.29) is 11.8 Å². The van der Waals surface area contributed by atoms with Gasteiger partial charge in [0.05, 0.1) is 11.0 Å². The summed E-state index contributed by atoms with van der Waals surface area (Å²) in [6, 6.07) is 6.35. The first-order valence-corrected chi connectivity index (χ1v) is 5.78. The van der Waals surface area contributed by atoms with Gasteiger partial charge in [0, 0.05) is 12.6 Å². The summed E-state index contributed by atoms with van der Waals surface area (Å²) in [6.07, 6.45) is 1.16. The first-order chi connectivity index (χ1) is 8.16. The standard InChI is InChI=1S/C12H16N2O3/c1-9-5-6-13-8-12(9)17-11-4-2-3-10(7-11)14(15)16/h2-4,7,9,12-13H,5-6,8H2,1H3.